The summed E-state index contributed by atoms with van der Waals surface area (Å²) < 4.78 is 5.31. The van der Waals surface area contributed by atoms with E-state index in [2.05, 4.69) is 10.4 Å². The van der Waals surface area contributed by atoms with Gasteiger partial charge in [-0.25, -0.2) is 10.6 Å². The summed E-state index contributed by atoms with van der Waals surface area (Å²) in [6, 6.07) is 0.240. The fourth-order valence-electron chi connectivity index (χ4n) is 1.67. The van der Waals surface area contributed by atoms with Gasteiger partial charge in [0, 0.05) is 13.1 Å². The average Bonchev–Trinajstić information content (AvgIpc) is 2.24. The standard InChI is InChI=1S/C11H22N4O2.ClH/c1-11(2,3)17-10(16)15-6-4-9(5-7-15)13-8-14-12;/h8-9H,4-7,12H2,1-3H3,(H,13,14);1H. The van der Waals surface area contributed by atoms with Crippen LogP contribution >= 0.6 is 12.4 Å². The van der Waals surface area contributed by atoms with Crippen LogP contribution in [0.5, 0.6) is 0 Å². The van der Waals surface area contributed by atoms with E-state index in [4.69, 9.17) is 10.6 Å². The van der Waals surface area contributed by atoms with E-state index in [0.717, 1.165) is 12.8 Å². The molecule has 1 rings (SSSR count). The molecule has 1 aliphatic rings. The maximum Gasteiger partial charge on any atom is 0.410 e. The van der Waals surface area contributed by atoms with E-state index in [1.807, 2.05) is 20.8 Å². The Bertz CT molecular complexity index is 283. The van der Waals surface area contributed by atoms with Gasteiger partial charge < -0.3 is 15.1 Å². The van der Waals surface area contributed by atoms with Crippen molar-refractivity contribution in [2.75, 3.05) is 13.1 Å². The Morgan fingerprint density at radius 2 is 2.00 bits per heavy atom. The number of hydrogen-bond acceptors (Lipinski definition) is 4. The second kappa shape index (κ2) is 7.43. The van der Waals surface area contributed by atoms with Crippen LogP contribution in [0.2, 0.25) is 0 Å². The van der Waals surface area contributed by atoms with Crippen LogP contribution in [0.4, 0.5) is 4.79 Å². The minimum atomic E-state index is -0.435. The highest BCUT2D eigenvalue weighted by atomic mass is 35.5. The first-order valence-corrected chi connectivity index (χ1v) is 5.88. The molecule has 0 spiro atoms. The smallest absolute Gasteiger partial charge is 0.410 e. The van der Waals surface area contributed by atoms with E-state index in [0.29, 0.717) is 13.1 Å². The Balaban J connectivity index is 0.00000289. The molecule has 1 amide bonds. The highest BCUT2D eigenvalue weighted by Crippen LogP contribution is 2.16. The van der Waals surface area contributed by atoms with Crippen LogP contribution < -0.4 is 11.3 Å². The Labute approximate surface area is 114 Å². The Kier molecular flexibility index (Phi) is 7.01. The second-order valence-electron chi connectivity index (χ2n) is 5.14. The number of nitrogens with zero attached hydrogens (tertiary/aromatic N) is 2. The van der Waals surface area contributed by atoms with E-state index in [-0.39, 0.29) is 24.5 Å². The lowest BCUT2D eigenvalue weighted by Gasteiger charge is -2.32. The maximum atomic E-state index is 11.8. The minimum absolute atomic E-state index is 0. The summed E-state index contributed by atoms with van der Waals surface area (Å²) in [5.74, 6) is 5.11. The van der Waals surface area contributed by atoms with Crippen molar-refractivity contribution < 1.29 is 9.53 Å². The topological polar surface area (TPSA) is 80.0 Å². The molecule has 0 aromatic carbocycles. The van der Waals surface area contributed by atoms with Crippen molar-refractivity contribution in [1.29, 1.82) is 0 Å². The molecule has 0 saturated carbocycles. The molecular weight excluding hydrogens is 256 g/mol. The predicted molar refractivity (Wildman–Crippen MR) is 73.9 cm³/mol. The normalized spacial score (nSPS) is 17.4. The van der Waals surface area contributed by atoms with Gasteiger partial charge in [-0.15, -0.1) is 12.4 Å². The third-order valence-corrected chi connectivity index (χ3v) is 2.48. The number of amides is 1. The number of aliphatic imine (C=N–C) groups is 1. The number of carbonyl (C=O) groups is 1. The molecular formula is C11H23ClN4O2. The van der Waals surface area contributed by atoms with Crippen molar-refractivity contribution in [3.05, 3.63) is 0 Å². The molecule has 0 radical (unpaired) electrons. The van der Waals surface area contributed by atoms with Crippen LogP contribution in [0.1, 0.15) is 33.6 Å². The summed E-state index contributed by atoms with van der Waals surface area (Å²) in [7, 11) is 0. The summed E-state index contributed by atoms with van der Waals surface area (Å²) in [4.78, 5) is 17.7. The lowest BCUT2D eigenvalue weighted by Crippen LogP contribution is -2.42. The van der Waals surface area contributed by atoms with E-state index >= 15 is 0 Å². The molecule has 1 saturated heterocycles. The summed E-state index contributed by atoms with van der Waals surface area (Å²) in [6.07, 6.45) is 2.94. The lowest BCUT2D eigenvalue weighted by molar-refractivity contribution is 0.0207. The van der Waals surface area contributed by atoms with Gasteiger partial charge in [0.2, 0.25) is 0 Å². The van der Waals surface area contributed by atoms with Crippen molar-refractivity contribution in [2.45, 2.75) is 45.3 Å². The number of nitrogens with two attached hydrogens (primary N) is 1. The molecule has 7 heteroatoms. The fraction of sp³-hybridized carbons (Fsp3) is 0.818. The van der Waals surface area contributed by atoms with Gasteiger partial charge in [0.1, 0.15) is 5.60 Å². The zero-order chi connectivity index (χ0) is 12.9. The van der Waals surface area contributed by atoms with E-state index in [9.17, 15) is 4.79 Å². The van der Waals surface area contributed by atoms with Gasteiger partial charge in [0.15, 0.2) is 0 Å². The number of piperidine rings is 1. The predicted octanol–water partition coefficient (Wildman–Crippen LogP) is 1.30. The van der Waals surface area contributed by atoms with Crippen molar-refractivity contribution in [3.63, 3.8) is 0 Å². The van der Waals surface area contributed by atoms with Gasteiger partial charge in [0.05, 0.1) is 12.4 Å². The van der Waals surface area contributed by atoms with Gasteiger partial charge in [-0.1, -0.05) is 0 Å². The van der Waals surface area contributed by atoms with Gasteiger partial charge >= 0.3 is 6.09 Å². The van der Waals surface area contributed by atoms with E-state index in [1.54, 1.807) is 4.90 Å². The molecule has 1 heterocycles. The number of hydrogen-bond donors (Lipinski definition) is 2. The molecule has 0 aromatic heterocycles. The number of nitrogens with one attached hydrogen (secondary N) is 1. The van der Waals surface area contributed by atoms with Gasteiger partial charge in [0.25, 0.3) is 0 Å². The summed E-state index contributed by atoms with van der Waals surface area (Å²) in [5, 5.41) is 0. The fourth-order valence-corrected chi connectivity index (χ4v) is 1.67. The first kappa shape index (κ1) is 17.0. The number of rotatable bonds is 2. The molecule has 6 nitrogen and oxygen atoms in total. The number of likely N-dealkylation sites (tertiary alicyclic amines) is 1. The highest BCUT2D eigenvalue weighted by Gasteiger charge is 2.26. The van der Waals surface area contributed by atoms with Gasteiger partial charge in [-0.3, -0.25) is 4.99 Å². The Morgan fingerprint density at radius 1 is 1.44 bits per heavy atom. The van der Waals surface area contributed by atoms with Crippen LogP contribution in [0.15, 0.2) is 4.99 Å². The summed E-state index contributed by atoms with van der Waals surface area (Å²) >= 11 is 0. The highest BCUT2D eigenvalue weighted by molar-refractivity contribution is 5.85. The molecule has 18 heavy (non-hydrogen) atoms. The second-order valence-corrected chi connectivity index (χ2v) is 5.14. The van der Waals surface area contributed by atoms with Crippen molar-refractivity contribution in [2.24, 2.45) is 10.8 Å². The van der Waals surface area contributed by atoms with Crippen molar-refractivity contribution in [1.82, 2.24) is 10.3 Å². The number of hydrazine groups is 1. The van der Waals surface area contributed by atoms with Crippen LogP contribution in [0.25, 0.3) is 0 Å². The van der Waals surface area contributed by atoms with Crippen LogP contribution in [-0.4, -0.2) is 42.1 Å². The Morgan fingerprint density at radius 3 is 2.44 bits per heavy atom. The zero-order valence-electron chi connectivity index (χ0n) is 11.2. The van der Waals surface area contributed by atoms with Crippen molar-refractivity contribution in [3.8, 4) is 0 Å². The summed E-state index contributed by atoms with van der Waals surface area (Å²) in [5.41, 5.74) is 1.95. The molecule has 106 valence electrons. The first-order chi connectivity index (χ1) is 7.92. The number of ether oxygens (including phenoxy) is 1. The third kappa shape index (κ3) is 6.07. The molecule has 1 aliphatic heterocycles. The molecule has 0 unspecified atom stereocenters. The van der Waals surface area contributed by atoms with Crippen LogP contribution in [0, 0.1) is 0 Å². The first-order valence-electron chi connectivity index (χ1n) is 5.88. The van der Waals surface area contributed by atoms with E-state index < -0.39 is 5.60 Å². The molecule has 0 atom stereocenters. The van der Waals surface area contributed by atoms with Gasteiger partial charge in [-0.05, 0) is 33.6 Å². The minimum Gasteiger partial charge on any atom is -0.444 e. The Hall–Kier alpha value is -1.01. The molecule has 3 N–H and O–H groups in total. The molecule has 0 aliphatic carbocycles. The zero-order valence-corrected chi connectivity index (χ0v) is 12.0. The maximum absolute atomic E-state index is 11.8. The molecule has 1 fully saturated rings. The largest absolute Gasteiger partial charge is 0.444 e. The lowest BCUT2D eigenvalue weighted by atomic mass is 10.1. The molecule has 0 aromatic rings. The quantitative estimate of drug-likeness (QED) is 0.345. The summed E-state index contributed by atoms with van der Waals surface area (Å²) in [6.45, 7) is 6.97. The van der Waals surface area contributed by atoms with E-state index in [1.165, 1.54) is 6.34 Å². The molecule has 0 bridgehead atoms. The van der Waals surface area contributed by atoms with Crippen LogP contribution in [-0.2, 0) is 4.74 Å². The number of halogens is 1. The van der Waals surface area contributed by atoms with Crippen LogP contribution in [0.3, 0.4) is 0 Å². The van der Waals surface area contributed by atoms with Crippen molar-refractivity contribution >= 4 is 24.8 Å². The SMILES string of the molecule is CC(C)(C)OC(=O)N1CCC(N=CNN)CC1.Cl. The third-order valence-electron chi connectivity index (χ3n) is 2.48. The van der Waals surface area contributed by atoms with Gasteiger partial charge in [-0.2, -0.15) is 0 Å². The average molecular weight is 279 g/mol. The number of carbonyl (C=O) groups excluding carboxylic acids is 1. The monoisotopic (exact) mass is 278 g/mol.